The Hall–Kier alpha value is -2.66. The number of hydrogen-bond donors (Lipinski definition) is 1. The molecule has 5 nitrogen and oxygen atoms in total. The van der Waals surface area contributed by atoms with E-state index >= 15 is 0 Å². The van der Waals surface area contributed by atoms with Crippen LogP contribution in [-0.4, -0.2) is 15.7 Å². The van der Waals surface area contributed by atoms with Crippen LogP contribution in [0.3, 0.4) is 0 Å². The molecule has 0 aliphatic rings. The van der Waals surface area contributed by atoms with Crippen molar-refractivity contribution in [2.75, 3.05) is 5.32 Å². The smallest absolute Gasteiger partial charge is 0.276 e. The highest BCUT2D eigenvalue weighted by Gasteiger charge is 2.17. The van der Waals surface area contributed by atoms with E-state index in [2.05, 4.69) is 10.4 Å². The van der Waals surface area contributed by atoms with Crippen LogP contribution in [0.1, 0.15) is 35.8 Å². The summed E-state index contributed by atoms with van der Waals surface area (Å²) < 4.78 is 1.38. The van der Waals surface area contributed by atoms with Crippen molar-refractivity contribution in [1.29, 1.82) is 0 Å². The third kappa shape index (κ3) is 3.63. The van der Waals surface area contributed by atoms with Crippen molar-refractivity contribution in [3.63, 3.8) is 0 Å². The molecular weight excluding hydrogens is 350 g/mol. The van der Waals surface area contributed by atoms with Gasteiger partial charge >= 0.3 is 0 Å². The summed E-state index contributed by atoms with van der Waals surface area (Å²) >= 11 is 5.97. The van der Waals surface area contributed by atoms with Crippen molar-refractivity contribution in [2.45, 2.75) is 33.2 Å². The normalized spacial score (nSPS) is 10.9. The molecule has 6 heteroatoms. The fourth-order valence-corrected chi connectivity index (χ4v) is 3.04. The van der Waals surface area contributed by atoms with E-state index in [0.29, 0.717) is 28.0 Å². The molecule has 0 fully saturated rings. The summed E-state index contributed by atoms with van der Waals surface area (Å²) in [4.78, 5) is 25.5. The van der Waals surface area contributed by atoms with Gasteiger partial charge in [-0.1, -0.05) is 43.1 Å². The number of halogens is 1. The van der Waals surface area contributed by atoms with E-state index in [1.54, 1.807) is 42.5 Å². The molecule has 0 unspecified atom stereocenters. The molecule has 0 atom stereocenters. The number of unbranched alkanes of at least 4 members (excludes halogenated alkanes) is 1. The molecule has 0 aliphatic carbocycles. The van der Waals surface area contributed by atoms with Crippen molar-refractivity contribution in [3.8, 4) is 0 Å². The summed E-state index contributed by atoms with van der Waals surface area (Å²) in [6.07, 6.45) is 1.76. The predicted octanol–water partition coefficient (Wildman–Crippen LogP) is 4.41. The lowest BCUT2D eigenvalue weighted by molar-refractivity contribution is 0.102. The van der Waals surface area contributed by atoms with Gasteiger partial charge in [0, 0.05) is 22.6 Å². The number of hydrogen-bond acceptors (Lipinski definition) is 3. The molecule has 134 valence electrons. The average Bonchev–Trinajstić information content (AvgIpc) is 2.63. The van der Waals surface area contributed by atoms with Crippen molar-refractivity contribution >= 4 is 34.0 Å². The molecule has 0 saturated carbocycles. The Kier molecular flexibility index (Phi) is 5.38. The van der Waals surface area contributed by atoms with Gasteiger partial charge in [-0.05, 0) is 43.2 Å². The maximum atomic E-state index is 12.9. The Labute approximate surface area is 156 Å². The molecule has 1 aromatic heterocycles. The van der Waals surface area contributed by atoms with E-state index < -0.39 is 0 Å². The first kappa shape index (κ1) is 18.1. The molecule has 1 N–H and O–H groups in total. The highest BCUT2D eigenvalue weighted by molar-refractivity contribution is 6.30. The number of aryl methyl sites for hydroxylation is 2. The van der Waals surface area contributed by atoms with Crippen LogP contribution >= 0.6 is 11.6 Å². The molecule has 1 heterocycles. The van der Waals surface area contributed by atoms with Gasteiger partial charge in [0.15, 0.2) is 5.69 Å². The number of rotatable bonds is 5. The van der Waals surface area contributed by atoms with E-state index in [1.807, 2.05) is 13.8 Å². The molecule has 1 amide bonds. The minimum absolute atomic E-state index is 0.173. The van der Waals surface area contributed by atoms with Crippen LogP contribution in [0.2, 0.25) is 5.02 Å². The second-order valence-corrected chi connectivity index (χ2v) is 6.63. The fraction of sp³-hybridized carbons (Fsp3) is 0.250. The number of nitrogens with one attached hydrogen (secondary N) is 1. The number of fused-ring (bicyclic) bond motifs is 1. The Bertz CT molecular complexity index is 1030. The third-order valence-corrected chi connectivity index (χ3v) is 4.48. The first-order valence-electron chi connectivity index (χ1n) is 8.58. The van der Waals surface area contributed by atoms with Gasteiger partial charge in [0.2, 0.25) is 0 Å². The summed E-state index contributed by atoms with van der Waals surface area (Å²) in [6, 6.07) is 12.3. The number of aromatic nitrogens is 2. The lowest BCUT2D eigenvalue weighted by Crippen LogP contribution is -2.27. The lowest BCUT2D eigenvalue weighted by Gasteiger charge is -2.12. The van der Waals surface area contributed by atoms with Crippen LogP contribution in [0.5, 0.6) is 0 Å². The van der Waals surface area contributed by atoms with Crippen molar-refractivity contribution in [1.82, 2.24) is 9.78 Å². The van der Waals surface area contributed by atoms with Crippen LogP contribution in [-0.2, 0) is 6.54 Å². The maximum absolute atomic E-state index is 12.9. The first-order valence-corrected chi connectivity index (χ1v) is 8.96. The third-order valence-electron chi connectivity index (χ3n) is 4.24. The van der Waals surface area contributed by atoms with Crippen LogP contribution < -0.4 is 10.9 Å². The molecule has 3 aromatic rings. The minimum atomic E-state index is -0.350. The van der Waals surface area contributed by atoms with Crippen LogP contribution in [0.15, 0.2) is 47.3 Å². The van der Waals surface area contributed by atoms with E-state index in [-0.39, 0.29) is 17.2 Å². The van der Waals surface area contributed by atoms with Gasteiger partial charge in [-0.2, -0.15) is 5.10 Å². The standard InChI is InChI=1S/C20H20ClN3O2/c1-3-4-11-24-20(26)16-8-6-5-7-15(16)18(23-24)19(25)22-17-10-9-14(21)12-13(17)2/h5-10,12H,3-4,11H2,1-2H3,(H,22,25). The highest BCUT2D eigenvalue weighted by atomic mass is 35.5. The van der Waals surface area contributed by atoms with E-state index in [1.165, 1.54) is 4.68 Å². The number of benzene rings is 2. The van der Waals surface area contributed by atoms with Gasteiger partial charge < -0.3 is 5.32 Å². The molecular formula is C20H20ClN3O2. The van der Waals surface area contributed by atoms with Crippen LogP contribution in [0.4, 0.5) is 5.69 Å². The zero-order valence-electron chi connectivity index (χ0n) is 14.8. The SMILES string of the molecule is CCCCn1nc(C(=O)Nc2ccc(Cl)cc2C)c2ccccc2c1=O. The number of anilines is 1. The van der Waals surface area contributed by atoms with Gasteiger partial charge in [0.25, 0.3) is 11.5 Å². The second-order valence-electron chi connectivity index (χ2n) is 6.19. The van der Waals surface area contributed by atoms with Gasteiger partial charge in [-0.3, -0.25) is 9.59 Å². The quantitative estimate of drug-likeness (QED) is 0.724. The number of nitrogens with zero attached hydrogens (tertiary/aromatic N) is 2. The van der Waals surface area contributed by atoms with Gasteiger partial charge in [0.1, 0.15) is 0 Å². The topological polar surface area (TPSA) is 64.0 Å². The Morgan fingerprint density at radius 1 is 1.19 bits per heavy atom. The summed E-state index contributed by atoms with van der Waals surface area (Å²) in [6.45, 7) is 4.40. The van der Waals surface area contributed by atoms with Gasteiger partial charge in [-0.15, -0.1) is 0 Å². The minimum Gasteiger partial charge on any atom is -0.320 e. The highest BCUT2D eigenvalue weighted by Crippen LogP contribution is 2.21. The molecule has 0 radical (unpaired) electrons. The van der Waals surface area contributed by atoms with Crippen molar-refractivity contribution < 1.29 is 4.79 Å². The monoisotopic (exact) mass is 369 g/mol. The van der Waals surface area contributed by atoms with Crippen LogP contribution in [0.25, 0.3) is 10.8 Å². The molecule has 0 bridgehead atoms. The summed E-state index contributed by atoms with van der Waals surface area (Å²) in [7, 11) is 0. The zero-order chi connectivity index (χ0) is 18.7. The fourth-order valence-electron chi connectivity index (χ4n) is 2.81. The summed E-state index contributed by atoms with van der Waals surface area (Å²) in [5.41, 5.74) is 1.59. The maximum Gasteiger partial charge on any atom is 0.276 e. The molecule has 0 spiro atoms. The van der Waals surface area contributed by atoms with E-state index in [9.17, 15) is 9.59 Å². The Morgan fingerprint density at radius 2 is 1.92 bits per heavy atom. The molecule has 3 rings (SSSR count). The number of carbonyl (C=O) groups excluding carboxylic acids is 1. The molecule has 0 aliphatic heterocycles. The largest absolute Gasteiger partial charge is 0.320 e. The summed E-state index contributed by atoms with van der Waals surface area (Å²) in [5, 5.41) is 8.88. The number of amides is 1. The predicted molar refractivity (Wildman–Crippen MR) is 105 cm³/mol. The first-order chi connectivity index (χ1) is 12.5. The van der Waals surface area contributed by atoms with E-state index in [0.717, 1.165) is 18.4 Å². The Balaban J connectivity index is 2.06. The lowest BCUT2D eigenvalue weighted by atomic mass is 10.1. The number of carbonyl (C=O) groups is 1. The van der Waals surface area contributed by atoms with Crippen LogP contribution in [0, 0.1) is 6.92 Å². The van der Waals surface area contributed by atoms with Crippen molar-refractivity contribution in [2.24, 2.45) is 0 Å². The summed E-state index contributed by atoms with van der Waals surface area (Å²) in [5.74, 6) is -0.350. The molecule has 26 heavy (non-hydrogen) atoms. The Morgan fingerprint density at radius 3 is 2.62 bits per heavy atom. The molecule has 2 aromatic carbocycles. The van der Waals surface area contributed by atoms with Crippen molar-refractivity contribution in [3.05, 3.63) is 69.1 Å². The second kappa shape index (κ2) is 7.70. The zero-order valence-corrected chi connectivity index (χ0v) is 15.5. The van der Waals surface area contributed by atoms with Gasteiger partial charge in [0.05, 0.1) is 5.39 Å². The van der Waals surface area contributed by atoms with Gasteiger partial charge in [-0.25, -0.2) is 4.68 Å². The van der Waals surface area contributed by atoms with E-state index in [4.69, 9.17) is 11.6 Å². The molecule has 0 saturated heterocycles. The average molecular weight is 370 g/mol.